The molecule has 118 valence electrons. The van der Waals surface area contributed by atoms with E-state index in [1.165, 1.54) is 0 Å². The summed E-state index contributed by atoms with van der Waals surface area (Å²) in [4.78, 5) is 15.6. The quantitative estimate of drug-likeness (QED) is 0.638. The molecule has 1 amide bonds. The standard InChI is InChI=1S/C15H17BrN2O3S/c1-4-18-14(20)11(17(3)15(18)22)6-9-7-13(21-5-2)12(19)8-10(9)16/h6-8,19H,4-5H2,1-3H3. The lowest BCUT2D eigenvalue weighted by Crippen LogP contribution is -2.30. The molecule has 5 nitrogen and oxygen atoms in total. The monoisotopic (exact) mass is 384 g/mol. The maximum atomic E-state index is 12.4. The number of nitrogens with zero attached hydrogens (tertiary/aromatic N) is 2. The predicted octanol–water partition coefficient (Wildman–Crippen LogP) is 2.97. The smallest absolute Gasteiger partial charge is 0.276 e. The highest BCUT2D eigenvalue weighted by Crippen LogP contribution is 2.34. The third kappa shape index (κ3) is 2.96. The van der Waals surface area contributed by atoms with Crippen molar-refractivity contribution in [3.05, 3.63) is 27.9 Å². The summed E-state index contributed by atoms with van der Waals surface area (Å²) in [6.07, 6.45) is 1.73. The van der Waals surface area contributed by atoms with Crippen LogP contribution in [0.1, 0.15) is 19.4 Å². The van der Waals surface area contributed by atoms with Gasteiger partial charge < -0.3 is 14.7 Å². The molecule has 0 aliphatic carbocycles. The van der Waals surface area contributed by atoms with Crippen molar-refractivity contribution in [3.8, 4) is 11.5 Å². The van der Waals surface area contributed by atoms with Gasteiger partial charge in [0, 0.05) is 18.1 Å². The Morgan fingerprint density at radius 2 is 2.09 bits per heavy atom. The summed E-state index contributed by atoms with van der Waals surface area (Å²) in [5, 5.41) is 10.3. The number of benzene rings is 1. The molecule has 0 saturated carbocycles. The van der Waals surface area contributed by atoms with E-state index in [-0.39, 0.29) is 11.7 Å². The van der Waals surface area contributed by atoms with Crippen molar-refractivity contribution in [2.24, 2.45) is 0 Å². The normalized spacial score (nSPS) is 16.8. The van der Waals surface area contributed by atoms with Crippen LogP contribution in [0.4, 0.5) is 0 Å². The van der Waals surface area contributed by atoms with Gasteiger partial charge in [0.15, 0.2) is 16.6 Å². The molecule has 1 fully saturated rings. The number of phenols is 1. The first kappa shape index (κ1) is 16.8. The number of likely N-dealkylation sites (N-methyl/N-ethyl adjacent to an activating group) is 2. The summed E-state index contributed by atoms with van der Waals surface area (Å²) in [7, 11) is 1.76. The molecule has 2 rings (SSSR count). The van der Waals surface area contributed by atoms with Gasteiger partial charge in [-0.3, -0.25) is 9.69 Å². The predicted molar refractivity (Wildman–Crippen MR) is 92.7 cm³/mol. The van der Waals surface area contributed by atoms with E-state index in [2.05, 4.69) is 15.9 Å². The van der Waals surface area contributed by atoms with E-state index in [1.54, 1.807) is 35.1 Å². The molecule has 0 bridgehead atoms. The minimum absolute atomic E-state index is 0.0488. The van der Waals surface area contributed by atoms with E-state index in [9.17, 15) is 9.90 Å². The van der Waals surface area contributed by atoms with Crippen LogP contribution in [-0.2, 0) is 4.79 Å². The van der Waals surface area contributed by atoms with Crippen molar-refractivity contribution in [1.82, 2.24) is 9.80 Å². The molecule has 0 aromatic heterocycles. The fourth-order valence-corrected chi connectivity index (χ4v) is 2.93. The number of ether oxygens (including phenoxy) is 1. The minimum Gasteiger partial charge on any atom is -0.504 e. The van der Waals surface area contributed by atoms with E-state index in [0.717, 1.165) is 5.56 Å². The van der Waals surface area contributed by atoms with Crippen molar-refractivity contribution in [2.75, 3.05) is 20.2 Å². The van der Waals surface area contributed by atoms with E-state index in [4.69, 9.17) is 17.0 Å². The summed E-state index contributed by atoms with van der Waals surface area (Å²) >= 11 is 8.66. The Morgan fingerprint density at radius 1 is 1.41 bits per heavy atom. The molecule has 7 heteroatoms. The molecule has 1 aromatic carbocycles. The van der Waals surface area contributed by atoms with Crippen molar-refractivity contribution in [3.63, 3.8) is 0 Å². The third-order valence-corrected chi connectivity index (χ3v) is 4.51. The number of phenolic OH excluding ortho intramolecular Hbond substituents is 1. The number of hydrogen-bond acceptors (Lipinski definition) is 4. The number of thiocarbonyl (C=S) groups is 1. The van der Waals surface area contributed by atoms with Crippen molar-refractivity contribution in [1.29, 1.82) is 0 Å². The van der Waals surface area contributed by atoms with Crippen LogP contribution in [0.5, 0.6) is 11.5 Å². The Balaban J connectivity index is 2.47. The largest absolute Gasteiger partial charge is 0.504 e. The Labute approximate surface area is 143 Å². The Morgan fingerprint density at radius 3 is 2.64 bits per heavy atom. The first-order chi connectivity index (χ1) is 10.4. The molecule has 1 heterocycles. The molecular weight excluding hydrogens is 368 g/mol. The molecule has 0 atom stereocenters. The summed E-state index contributed by atoms with van der Waals surface area (Å²) < 4.78 is 6.05. The second kappa shape index (κ2) is 6.66. The van der Waals surface area contributed by atoms with Gasteiger partial charge in [0.05, 0.1) is 6.61 Å². The third-order valence-electron chi connectivity index (χ3n) is 3.33. The van der Waals surface area contributed by atoms with E-state index < -0.39 is 0 Å². The zero-order valence-electron chi connectivity index (χ0n) is 12.6. The lowest BCUT2D eigenvalue weighted by molar-refractivity contribution is -0.122. The minimum atomic E-state index is -0.132. The van der Waals surface area contributed by atoms with Gasteiger partial charge in [-0.25, -0.2) is 0 Å². The highest BCUT2D eigenvalue weighted by Gasteiger charge is 2.34. The average molecular weight is 385 g/mol. The van der Waals surface area contributed by atoms with Crippen LogP contribution in [0.15, 0.2) is 22.3 Å². The molecule has 0 radical (unpaired) electrons. The number of carbonyl (C=O) groups excluding carboxylic acids is 1. The highest BCUT2D eigenvalue weighted by atomic mass is 79.9. The Bertz CT molecular complexity index is 660. The second-order valence-electron chi connectivity index (χ2n) is 4.70. The zero-order valence-corrected chi connectivity index (χ0v) is 15.0. The highest BCUT2D eigenvalue weighted by molar-refractivity contribution is 9.10. The second-order valence-corrected chi connectivity index (χ2v) is 5.91. The van der Waals surface area contributed by atoms with Crippen molar-refractivity contribution >= 4 is 45.2 Å². The summed E-state index contributed by atoms with van der Waals surface area (Å²) in [6.45, 7) is 4.69. The molecule has 0 spiro atoms. The van der Waals surface area contributed by atoms with Crippen LogP contribution in [0.2, 0.25) is 0 Å². The van der Waals surface area contributed by atoms with E-state index in [1.807, 2.05) is 13.8 Å². The summed E-state index contributed by atoms with van der Waals surface area (Å²) in [5.41, 5.74) is 1.22. The van der Waals surface area contributed by atoms with Gasteiger partial charge in [0.25, 0.3) is 5.91 Å². The van der Waals surface area contributed by atoms with Gasteiger partial charge in [-0.2, -0.15) is 0 Å². The fourth-order valence-electron chi connectivity index (χ4n) is 2.18. The van der Waals surface area contributed by atoms with Crippen LogP contribution in [0.3, 0.4) is 0 Å². The zero-order chi connectivity index (χ0) is 16.4. The van der Waals surface area contributed by atoms with Crippen molar-refractivity contribution in [2.45, 2.75) is 13.8 Å². The maximum absolute atomic E-state index is 12.4. The molecule has 22 heavy (non-hydrogen) atoms. The summed E-state index contributed by atoms with van der Waals surface area (Å²) in [6, 6.07) is 3.24. The topological polar surface area (TPSA) is 53.0 Å². The molecule has 1 N–H and O–H groups in total. The van der Waals surface area contributed by atoms with Gasteiger partial charge in [0.2, 0.25) is 0 Å². The first-order valence-electron chi connectivity index (χ1n) is 6.87. The maximum Gasteiger partial charge on any atom is 0.276 e. The number of rotatable bonds is 4. The Hall–Kier alpha value is -1.60. The SMILES string of the molecule is CCOc1cc(C=C2C(=O)N(CC)C(=S)N2C)c(Br)cc1O. The van der Waals surface area contributed by atoms with Gasteiger partial charge in [0.1, 0.15) is 5.70 Å². The average Bonchev–Trinajstić information content (AvgIpc) is 2.67. The number of halogens is 1. The van der Waals surface area contributed by atoms with Crippen LogP contribution in [0, 0.1) is 0 Å². The molecule has 0 unspecified atom stereocenters. The molecule has 1 aliphatic heterocycles. The molecular formula is C15H17BrN2O3S. The lowest BCUT2D eigenvalue weighted by atomic mass is 10.1. The Kier molecular flexibility index (Phi) is 5.08. The van der Waals surface area contributed by atoms with Gasteiger partial charge >= 0.3 is 0 Å². The summed E-state index contributed by atoms with van der Waals surface area (Å²) in [5.74, 6) is 0.293. The number of amides is 1. The van der Waals surface area contributed by atoms with Gasteiger partial charge in [-0.1, -0.05) is 15.9 Å². The molecule has 1 aliphatic rings. The molecule has 1 aromatic rings. The van der Waals surface area contributed by atoms with Crippen LogP contribution in [-0.4, -0.2) is 46.1 Å². The number of carbonyl (C=O) groups is 1. The van der Waals surface area contributed by atoms with Gasteiger partial charge in [-0.05, 0) is 49.8 Å². The van der Waals surface area contributed by atoms with Crippen LogP contribution >= 0.6 is 28.1 Å². The van der Waals surface area contributed by atoms with Crippen LogP contribution < -0.4 is 4.74 Å². The first-order valence-corrected chi connectivity index (χ1v) is 8.07. The van der Waals surface area contributed by atoms with Crippen molar-refractivity contribution < 1.29 is 14.6 Å². The van der Waals surface area contributed by atoms with E-state index >= 15 is 0 Å². The van der Waals surface area contributed by atoms with E-state index in [0.29, 0.717) is 34.2 Å². The fraction of sp³-hybridized carbons (Fsp3) is 0.333. The van der Waals surface area contributed by atoms with Crippen LogP contribution in [0.25, 0.3) is 6.08 Å². The van der Waals surface area contributed by atoms with Gasteiger partial charge in [-0.15, -0.1) is 0 Å². The number of hydrogen-bond donors (Lipinski definition) is 1. The molecule has 1 saturated heterocycles. The number of aromatic hydroxyl groups is 1. The lowest BCUT2D eigenvalue weighted by Gasteiger charge is -2.13.